The van der Waals surface area contributed by atoms with E-state index in [2.05, 4.69) is 10.3 Å². The Kier molecular flexibility index (Phi) is 4.06. The number of hydrogen-bond donors (Lipinski definition) is 1. The third kappa shape index (κ3) is 3.21. The highest BCUT2D eigenvalue weighted by Gasteiger charge is 2.12. The molecule has 0 radical (unpaired) electrons. The Morgan fingerprint density at radius 3 is 2.91 bits per heavy atom. The summed E-state index contributed by atoms with van der Waals surface area (Å²) in [7, 11) is 0. The number of anilines is 1. The van der Waals surface area contributed by atoms with Gasteiger partial charge in [-0.1, -0.05) is 6.07 Å². The lowest BCUT2D eigenvalue weighted by Crippen LogP contribution is -2.14. The maximum Gasteiger partial charge on any atom is 0.224 e. The van der Waals surface area contributed by atoms with E-state index in [0.717, 1.165) is 35.2 Å². The number of carbonyl (C=O) groups is 1. The predicted octanol–water partition coefficient (Wildman–Crippen LogP) is 3.49. The van der Waals surface area contributed by atoms with Crippen LogP contribution in [0.15, 0.2) is 42.6 Å². The first-order valence-corrected chi connectivity index (χ1v) is 7.22. The quantitative estimate of drug-likeness (QED) is 0.801. The minimum Gasteiger partial charge on any atom is -0.324 e. The van der Waals surface area contributed by atoms with Crippen molar-refractivity contribution >= 4 is 17.2 Å². The molecule has 3 rings (SSSR count). The Labute approximate surface area is 131 Å². The highest BCUT2D eigenvalue weighted by atomic mass is 19.1. The molecular weight excluding hydrogens is 300 g/mol. The third-order valence-corrected chi connectivity index (χ3v) is 3.62. The lowest BCUT2D eigenvalue weighted by Gasteiger charge is -2.07. The summed E-state index contributed by atoms with van der Waals surface area (Å²) in [5.74, 6) is -1.63. The minimum atomic E-state index is -0.661. The second-order valence-electron chi connectivity index (χ2n) is 5.25. The number of carbonyl (C=O) groups excluding carboxylic acids is 1. The van der Waals surface area contributed by atoms with Crippen molar-refractivity contribution in [1.29, 1.82) is 0 Å². The number of rotatable bonds is 4. The highest BCUT2D eigenvalue weighted by Crippen LogP contribution is 2.17. The van der Waals surface area contributed by atoms with Gasteiger partial charge in [0.1, 0.15) is 17.3 Å². The van der Waals surface area contributed by atoms with E-state index in [0.29, 0.717) is 6.42 Å². The van der Waals surface area contributed by atoms with Crippen molar-refractivity contribution in [2.45, 2.75) is 19.8 Å². The van der Waals surface area contributed by atoms with Crippen LogP contribution in [0.1, 0.15) is 17.8 Å². The van der Waals surface area contributed by atoms with Gasteiger partial charge in [-0.2, -0.15) is 0 Å². The van der Waals surface area contributed by atoms with Crippen molar-refractivity contribution in [2.75, 3.05) is 5.32 Å². The molecule has 0 aliphatic carbocycles. The number of pyridine rings is 1. The van der Waals surface area contributed by atoms with Gasteiger partial charge >= 0.3 is 0 Å². The van der Waals surface area contributed by atoms with Crippen LogP contribution < -0.4 is 5.32 Å². The summed E-state index contributed by atoms with van der Waals surface area (Å²) >= 11 is 0. The molecule has 0 fully saturated rings. The molecule has 0 unspecified atom stereocenters. The molecule has 0 spiro atoms. The second-order valence-corrected chi connectivity index (χ2v) is 5.25. The zero-order valence-electron chi connectivity index (χ0n) is 12.5. The molecule has 23 heavy (non-hydrogen) atoms. The van der Waals surface area contributed by atoms with Crippen LogP contribution in [0.4, 0.5) is 14.5 Å². The monoisotopic (exact) mass is 315 g/mol. The fourth-order valence-corrected chi connectivity index (χ4v) is 2.50. The van der Waals surface area contributed by atoms with Gasteiger partial charge in [0.2, 0.25) is 5.91 Å². The van der Waals surface area contributed by atoms with Gasteiger partial charge in [-0.25, -0.2) is 13.8 Å². The van der Waals surface area contributed by atoms with Crippen LogP contribution in [0.2, 0.25) is 0 Å². The summed E-state index contributed by atoms with van der Waals surface area (Å²) in [4.78, 5) is 16.4. The molecule has 0 aliphatic rings. The van der Waals surface area contributed by atoms with Crippen LogP contribution in [0.3, 0.4) is 0 Å². The maximum atomic E-state index is 13.5. The third-order valence-electron chi connectivity index (χ3n) is 3.62. The van der Waals surface area contributed by atoms with E-state index in [1.54, 1.807) is 0 Å². The van der Waals surface area contributed by atoms with E-state index in [4.69, 9.17) is 0 Å². The van der Waals surface area contributed by atoms with Crippen molar-refractivity contribution in [3.8, 4) is 0 Å². The number of fused-ring (bicyclic) bond motifs is 1. The summed E-state index contributed by atoms with van der Waals surface area (Å²) in [6, 6.07) is 8.63. The number of nitrogens with one attached hydrogen (secondary N) is 1. The second kappa shape index (κ2) is 6.16. The SMILES string of the molecule is Cc1nc2ccccn2c1CCC(=O)Nc1cc(F)ccc1F. The van der Waals surface area contributed by atoms with Crippen molar-refractivity contribution in [3.63, 3.8) is 0 Å². The molecule has 0 atom stereocenters. The summed E-state index contributed by atoms with van der Waals surface area (Å²) < 4.78 is 28.5. The molecule has 0 saturated heterocycles. The minimum absolute atomic E-state index is 0.148. The number of benzene rings is 1. The van der Waals surface area contributed by atoms with E-state index in [1.807, 2.05) is 35.7 Å². The Balaban J connectivity index is 1.71. The molecular formula is C17H15F2N3O. The van der Waals surface area contributed by atoms with Crippen molar-refractivity contribution in [1.82, 2.24) is 9.38 Å². The Bertz CT molecular complexity index is 873. The number of nitrogens with zero attached hydrogens (tertiary/aromatic N) is 2. The van der Waals surface area contributed by atoms with Gasteiger partial charge < -0.3 is 9.72 Å². The van der Waals surface area contributed by atoms with Crippen molar-refractivity contribution in [2.24, 2.45) is 0 Å². The summed E-state index contributed by atoms with van der Waals surface area (Å²) in [5.41, 5.74) is 2.44. The van der Waals surface area contributed by atoms with Gasteiger partial charge in [0.15, 0.2) is 0 Å². The number of aryl methyl sites for hydroxylation is 2. The van der Waals surface area contributed by atoms with Crippen molar-refractivity contribution < 1.29 is 13.6 Å². The fourth-order valence-electron chi connectivity index (χ4n) is 2.50. The van der Waals surface area contributed by atoms with Crippen LogP contribution >= 0.6 is 0 Å². The molecule has 0 saturated carbocycles. The fraction of sp³-hybridized carbons (Fsp3) is 0.176. The van der Waals surface area contributed by atoms with E-state index in [1.165, 1.54) is 0 Å². The molecule has 1 N–H and O–H groups in total. The molecule has 6 heteroatoms. The number of imidazole rings is 1. The Morgan fingerprint density at radius 2 is 2.09 bits per heavy atom. The van der Waals surface area contributed by atoms with E-state index in [-0.39, 0.29) is 18.0 Å². The van der Waals surface area contributed by atoms with Crippen molar-refractivity contribution in [3.05, 3.63) is 65.6 Å². The molecule has 2 aromatic heterocycles. The van der Waals surface area contributed by atoms with Crippen LogP contribution in [0.25, 0.3) is 5.65 Å². The van der Waals surface area contributed by atoms with Crippen LogP contribution in [-0.4, -0.2) is 15.3 Å². The molecule has 118 valence electrons. The number of amides is 1. The lowest BCUT2D eigenvalue weighted by molar-refractivity contribution is -0.116. The number of halogens is 2. The van der Waals surface area contributed by atoms with Gasteiger partial charge in [-0.05, 0) is 37.6 Å². The Hall–Kier alpha value is -2.76. The summed E-state index contributed by atoms with van der Waals surface area (Å²) in [6.07, 6.45) is 2.49. The number of aromatic nitrogens is 2. The average Bonchev–Trinajstić information content (AvgIpc) is 2.84. The topological polar surface area (TPSA) is 46.4 Å². The average molecular weight is 315 g/mol. The van der Waals surface area contributed by atoms with Crippen LogP contribution in [0, 0.1) is 18.6 Å². The van der Waals surface area contributed by atoms with Crippen LogP contribution in [0.5, 0.6) is 0 Å². The van der Waals surface area contributed by atoms with Gasteiger partial charge in [-0.3, -0.25) is 4.79 Å². The van der Waals surface area contributed by atoms with Gasteiger partial charge in [0.05, 0.1) is 11.4 Å². The standard InChI is InChI=1S/C17H15F2N3O/c1-11-15(22-9-3-2-4-16(22)20-11)7-8-17(23)21-14-10-12(18)5-6-13(14)19/h2-6,9-10H,7-8H2,1H3,(H,21,23). The highest BCUT2D eigenvalue weighted by molar-refractivity contribution is 5.90. The van der Waals surface area contributed by atoms with Gasteiger partial charge in [0, 0.05) is 24.4 Å². The predicted molar refractivity (Wildman–Crippen MR) is 83.2 cm³/mol. The summed E-state index contributed by atoms with van der Waals surface area (Å²) in [5, 5.41) is 2.40. The van der Waals surface area contributed by atoms with E-state index in [9.17, 15) is 13.6 Å². The maximum absolute atomic E-state index is 13.5. The molecule has 0 bridgehead atoms. The van der Waals surface area contributed by atoms with Crippen LogP contribution in [-0.2, 0) is 11.2 Å². The van der Waals surface area contributed by atoms with Gasteiger partial charge in [0.25, 0.3) is 0 Å². The lowest BCUT2D eigenvalue weighted by atomic mass is 10.2. The normalized spacial score (nSPS) is 10.9. The molecule has 4 nitrogen and oxygen atoms in total. The molecule has 0 aliphatic heterocycles. The first kappa shape index (κ1) is 15.1. The molecule has 1 aromatic carbocycles. The van der Waals surface area contributed by atoms with Gasteiger partial charge in [-0.15, -0.1) is 0 Å². The van der Waals surface area contributed by atoms with E-state index < -0.39 is 11.6 Å². The summed E-state index contributed by atoms with van der Waals surface area (Å²) in [6.45, 7) is 1.88. The number of hydrogen-bond acceptors (Lipinski definition) is 2. The zero-order chi connectivity index (χ0) is 16.4. The van der Waals surface area contributed by atoms with E-state index >= 15 is 0 Å². The zero-order valence-corrected chi connectivity index (χ0v) is 12.5. The first-order chi connectivity index (χ1) is 11.0. The smallest absolute Gasteiger partial charge is 0.224 e. The Morgan fingerprint density at radius 1 is 1.26 bits per heavy atom. The first-order valence-electron chi connectivity index (χ1n) is 7.22. The largest absolute Gasteiger partial charge is 0.324 e. The molecule has 2 heterocycles. The molecule has 3 aromatic rings. The molecule has 1 amide bonds.